The predicted octanol–water partition coefficient (Wildman–Crippen LogP) is 1.96. The molecule has 2 N–H and O–H groups in total. The van der Waals surface area contributed by atoms with Gasteiger partial charge >= 0.3 is 0 Å². The molecule has 1 aliphatic heterocycles. The summed E-state index contributed by atoms with van der Waals surface area (Å²) >= 11 is 0. The van der Waals surface area contributed by atoms with Crippen molar-refractivity contribution in [3.63, 3.8) is 0 Å². The van der Waals surface area contributed by atoms with E-state index in [-0.39, 0.29) is 5.54 Å². The highest BCUT2D eigenvalue weighted by molar-refractivity contribution is 5.32. The van der Waals surface area contributed by atoms with Crippen molar-refractivity contribution in [2.45, 2.75) is 25.3 Å². The van der Waals surface area contributed by atoms with E-state index in [0.717, 1.165) is 26.1 Å². The van der Waals surface area contributed by atoms with Crippen LogP contribution in [0, 0.1) is 6.92 Å². The van der Waals surface area contributed by atoms with Gasteiger partial charge in [0.1, 0.15) is 0 Å². The minimum absolute atomic E-state index is 0.163. The highest BCUT2D eigenvalue weighted by atomic mass is 16.5. The molecule has 1 heterocycles. The Kier molecular flexibility index (Phi) is 2.57. The Bertz CT molecular complexity index is 316. The lowest BCUT2D eigenvalue weighted by Crippen LogP contribution is -2.42. The van der Waals surface area contributed by atoms with Crippen molar-refractivity contribution >= 4 is 0 Å². The Hall–Kier alpha value is -0.860. The van der Waals surface area contributed by atoms with Gasteiger partial charge in [0.05, 0.1) is 0 Å². The van der Waals surface area contributed by atoms with Gasteiger partial charge in [-0.1, -0.05) is 24.3 Å². The molecule has 0 spiro atoms. The van der Waals surface area contributed by atoms with Gasteiger partial charge in [0.2, 0.25) is 0 Å². The van der Waals surface area contributed by atoms with Gasteiger partial charge in [-0.2, -0.15) is 0 Å². The maximum absolute atomic E-state index is 6.40. The first-order chi connectivity index (χ1) is 6.72. The van der Waals surface area contributed by atoms with Crippen molar-refractivity contribution < 1.29 is 4.74 Å². The number of ether oxygens (including phenoxy) is 1. The molecule has 14 heavy (non-hydrogen) atoms. The molecule has 1 aromatic rings. The first-order valence-corrected chi connectivity index (χ1v) is 5.15. The topological polar surface area (TPSA) is 35.2 Å². The quantitative estimate of drug-likeness (QED) is 0.736. The van der Waals surface area contributed by atoms with Crippen molar-refractivity contribution in [1.82, 2.24) is 0 Å². The molecule has 76 valence electrons. The Morgan fingerprint density at radius 1 is 1.21 bits per heavy atom. The summed E-state index contributed by atoms with van der Waals surface area (Å²) in [5.74, 6) is 0. The fourth-order valence-corrected chi connectivity index (χ4v) is 2.14. The molecule has 1 saturated heterocycles. The average Bonchev–Trinajstić information content (AvgIpc) is 2.19. The maximum atomic E-state index is 6.40. The molecule has 1 fully saturated rings. The van der Waals surface area contributed by atoms with Crippen molar-refractivity contribution in [2.24, 2.45) is 5.73 Å². The molecule has 0 unspecified atom stereocenters. The van der Waals surface area contributed by atoms with Crippen LogP contribution in [0.5, 0.6) is 0 Å². The third-order valence-electron chi connectivity index (χ3n) is 3.07. The standard InChI is InChI=1S/C12H17NO/c1-10-4-2-3-5-11(10)12(13)6-8-14-9-7-12/h2-5H,6-9,13H2,1H3. The first-order valence-electron chi connectivity index (χ1n) is 5.15. The van der Waals surface area contributed by atoms with E-state index >= 15 is 0 Å². The molecular weight excluding hydrogens is 174 g/mol. The minimum Gasteiger partial charge on any atom is -0.381 e. The lowest BCUT2D eigenvalue weighted by Gasteiger charge is -2.34. The van der Waals surface area contributed by atoms with Crippen LogP contribution in [0.1, 0.15) is 24.0 Å². The summed E-state index contributed by atoms with van der Waals surface area (Å²) in [5.41, 5.74) is 8.81. The van der Waals surface area contributed by atoms with Gasteiger partial charge in [-0.25, -0.2) is 0 Å². The van der Waals surface area contributed by atoms with E-state index in [9.17, 15) is 0 Å². The predicted molar refractivity (Wildman–Crippen MR) is 57.1 cm³/mol. The first kappa shape index (κ1) is 9.69. The number of benzene rings is 1. The summed E-state index contributed by atoms with van der Waals surface area (Å²) < 4.78 is 5.35. The number of hydrogen-bond acceptors (Lipinski definition) is 2. The van der Waals surface area contributed by atoms with Crippen LogP contribution in [-0.2, 0) is 10.3 Å². The Morgan fingerprint density at radius 3 is 2.50 bits per heavy atom. The number of aryl methyl sites for hydroxylation is 1. The SMILES string of the molecule is Cc1ccccc1C1(N)CCOCC1. The zero-order chi connectivity index (χ0) is 10.0. The fraction of sp³-hybridized carbons (Fsp3) is 0.500. The number of hydrogen-bond donors (Lipinski definition) is 1. The van der Waals surface area contributed by atoms with E-state index in [0.29, 0.717) is 0 Å². The van der Waals surface area contributed by atoms with Crippen molar-refractivity contribution in [1.29, 1.82) is 0 Å². The summed E-state index contributed by atoms with van der Waals surface area (Å²) in [7, 11) is 0. The zero-order valence-electron chi connectivity index (χ0n) is 8.62. The van der Waals surface area contributed by atoms with Crippen LogP contribution in [0.25, 0.3) is 0 Å². The van der Waals surface area contributed by atoms with Gasteiger partial charge in [0, 0.05) is 18.8 Å². The summed E-state index contributed by atoms with van der Waals surface area (Å²) in [6.45, 7) is 3.69. The molecule has 2 rings (SSSR count). The summed E-state index contributed by atoms with van der Waals surface area (Å²) in [5, 5.41) is 0. The third kappa shape index (κ3) is 1.68. The minimum atomic E-state index is -0.163. The summed E-state index contributed by atoms with van der Waals surface area (Å²) in [6, 6.07) is 8.38. The van der Waals surface area contributed by atoms with E-state index in [1.807, 2.05) is 0 Å². The molecule has 1 aromatic carbocycles. The van der Waals surface area contributed by atoms with Crippen LogP contribution in [0.15, 0.2) is 24.3 Å². The highest BCUT2D eigenvalue weighted by Crippen LogP contribution is 2.31. The van der Waals surface area contributed by atoms with E-state index in [2.05, 4.69) is 31.2 Å². The molecule has 2 nitrogen and oxygen atoms in total. The Labute approximate surface area is 85.1 Å². The van der Waals surface area contributed by atoms with Crippen LogP contribution >= 0.6 is 0 Å². The smallest absolute Gasteiger partial charge is 0.0486 e. The molecule has 0 atom stereocenters. The van der Waals surface area contributed by atoms with E-state index in [1.165, 1.54) is 11.1 Å². The van der Waals surface area contributed by atoms with E-state index < -0.39 is 0 Å². The average molecular weight is 191 g/mol. The molecule has 0 radical (unpaired) electrons. The van der Waals surface area contributed by atoms with Crippen LogP contribution in [0.2, 0.25) is 0 Å². The monoisotopic (exact) mass is 191 g/mol. The Balaban J connectivity index is 2.32. The number of rotatable bonds is 1. The Morgan fingerprint density at radius 2 is 1.86 bits per heavy atom. The second kappa shape index (κ2) is 3.71. The highest BCUT2D eigenvalue weighted by Gasteiger charge is 2.30. The summed E-state index contributed by atoms with van der Waals surface area (Å²) in [4.78, 5) is 0. The molecular formula is C12H17NO. The molecule has 0 amide bonds. The van der Waals surface area contributed by atoms with Crippen molar-refractivity contribution in [3.05, 3.63) is 35.4 Å². The van der Waals surface area contributed by atoms with Crippen molar-refractivity contribution in [2.75, 3.05) is 13.2 Å². The van der Waals surface area contributed by atoms with Gasteiger partial charge in [-0.05, 0) is 30.9 Å². The van der Waals surface area contributed by atoms with Gasteiger partial charge in [0.15, 0.2) is 0 Å². The second-order valence-electron chi connectivity index (χ2n) is 4.08. The van der Waals surface area contributed by atoms with Crippen LogP contribution < -0.4 is 5.73 Å². The second-order valence-corrected chi connectivity index (χ2v) is 4.08. The van der Waals surface area contributed by atoms with Crippen molar-refractivity contribution in [3.8, 4) is 0 Å². The van der Waals surface area contributed by atoms with Gasteiger partial charge in [0.25, 0.3) is 0 Å². The van der Waals surface area contributed by atoms with Crippen LogP contribution in [-0.4, -0.2) is 13.2 Å². The van der Waals surface area contributed by atoms with E-state index in [4.69, 9.17) is 10.5 Å². The maximum Gasteiger partial charge on any atom is 0.0486 e. The number of nitrogens with two attached hydrogens (primary N) is 1. The van der Waals surface area contributed by atoms with Crippen LogP contribution in [0.4, 0.5) is 0 Å². The zero-order valence-corrected chi connectivity index (χ0v) is 8.62. The van der Waals surface area contributed by atoms with E-state index in [1.54, 1.807) is 0 Å². The normalized spacial score (nSPS) is 20.7. The van der Waals surface area contributed by atoms with Gasteiger partial charge in [-0.15, -0.1) is 0 Å². The molecule has 1 aliphatic rings. The van der Waals surface area contributed by atoms with Gasteiger partial charge in [-0.3, -0.25) is 0 Å². The van der Waals surface area contributed by atoms with Gasteiger partial charge < -0.3 is 10.5 Å². The largest absolute Gasteiger partial charge is 0.381 e. The molecule has 0 aliphatic carbocycles. The molecule has 0 aromatic heterocycles. The molecule has 0 saturated carbocycles. The fourth-order valence-electron chi connectivity index (χ4n) is 2.14. The molecule has 0 bridgehead atoms. The third-order valence-corrected chi connectivity index (χ3v) is 3.07. The summed E-state index contributed by atoms with van der Waals surface area (Å²) in [6.07, 6.45) is 1.86. The molecule has 2 heteroatoms. The van der Waals surface area contributed by atoms with Crippen LogP contribution in [0.3, 0.4) is 0 Å². The lowest BCUT2D eigenvalue weighted by molar-refractivity contribution is 0.0520. The lowest BCUT2D eigenvalue weighted by atomic mass is 9.81.